The lowest BCUT2D eigenvalue weighted by molar-refractivity contribution is -0.137. The first-order valence-corrected chi connectivity index (χ1v) is 5.85. The van der Waals surface area contributed by atoms with Crippen molar-refractivity contribution in [1.29, 1.82) is 0 Å². The molecule has 0 fully saturated rings. The number of H-pyrrole nitrogens is 1. The molecular formula is C12H11ClF3N3. The molecule has 0 amide bonds. The summed E-state index contributed by atoms with van der Waals surface area (Å²) in [6, 6.07) is 3.74. The molecule has 1 heterocycles. The van der Waals surface area contributed by atoms with Crippen molar-refractivity contribution in [2.75, 3.05) is 5.32 Å². The number of anilines is 1. The number of nitrogens with zero attached hydrogens (tertiary/aromatic N) is 1. The lowest BCUT2D eigenvalue weighted by atomic mass is 10.2. The van der Waals surface area contributed by atoms with Crippen molar-refractivity contribution in [1.82, 2.24) is 10.2 Å². The molecule has 1 aromatic heterocycles. The van der Waals surface area contributed by atoms with Crippen LogP contribution >= 0.6 is 11.6 Å². The van der Waals surface area contributed by atoms with Crippen LogP contribution in [-0.4, -0.2) is 10.2 Å². The number of aromatic amines is 1. The molecule has 2 N–H and O–H groups in total. The first kappa shape index (κ1) is 13.7. The molecule has 0 aliphatic carbocycles. The van der Waals surface area contributed by atoms with Gasteiger partial charge in [-0.3, -0.25) is 5.10 Å². The Bertz CT molecular complexity index is 578. The van der Waals surface area contributed by atoms with Crippen molar-refractivity contribution >= 4 is 17.3 Å². The second-order valence-corrected chi connectivity index (χ2v) is 4.47. The van der Waals surface area contributed by atoms with Crippen molar-refractivity contribution in [3.8, 4) is 0 Å². The molecule has 7 heteroatoms. The molecule has 0 saturated heterocycles. The molecule has 0 unspecified atom stereocenters. The standard InChI is InChI=1S/C12H11ClF3N3/c1-7-8(6-18-19-7)5-17-9-2-3-11(13)10(4-9)12(14,15)16/h2-4,6,17H,5H2,1H3,(H,18,19). The maximum absolute atomic E-state index is 12.7. The zero-order chi connectivity index (χ0) is 14.0. The molecule has 19 heavy (non-hydrogen) atoms. The van der Waals surface area contributed by atoms with Crippen LogP contribution in [0.25, 0.3) is 0 Å². The van der Waals surface area contributed by atoms with Crippen LogP contribution in [0.15, 0.2) is 24.4 Å². The van der Waals surface area contributed by atoms with Gasteiger partial charge in [-0.05, 0) is 25.1 Å². The van der Waals surface area contributed by atoms with Gasteiger partial charge in [0.05, 0.1) is 16.8 Å². The van der Waals surface area contributed by atoms with Gasteiger partial charge in [-0.25, -0.2) is 0 Å². The molecule has 0 atom stereocenters. The Morgan fingerprint density at radius 2 is 2.11 bits per heavy atom. The summed E-state index contributed by atoms with van der Waals surface area (Å²) in [7, 11) is 0. The zero-order valence-electron chi connectivity index (χ0n) is 9.98. The fourth-order valence-electron chi connectivity index (χ4n) is 1.60. The Balaban J connectivity index is 2.16. The molecule has 0 aliphatic rings. The van der Waals surface area contributed by atoms with Gasteiger partial charge in [0.25, 0.3) is 0 Å². The number of nitrogens with one attached hydrogen (secondary N) is 2. The van der Waals surface area contributed by atoms with Gasteiger partial charge in [0, 0.05) is 23.5 Å². The molecule has 3 nitrogen and oxygen atoms in total. The Labute approximate surface area is 112 Å². The lowest BCUT2D eigenvalue weighted by Crippen LogP contribution is -2.07. The highest BCUT2D eigenvalue weighted by Gasteiger charge is 2.33. The first-order chi connectivity index (χ1) is 8.88. The maximum atomic E-state index is 12.7. The summed E-state index contributed by atoms with van der Waals surface area (Å²) in [5.74, 6) is 0. The topological polar surface area (TPSA) is 40.7 Å². The van der Waals surface area contributed by atoms with E-state index in [2.05, 4.69) is 15.5 Å². The van der Waals surface area contributed by atoms with E-state index < -0.39 is 11.7 Å². The number of benzene rings is 1. The summed E-state index contributed by atoms with van der Waals surface area (Å²) < 4.78 is 38.0. The van der Waals surface area contributed by atoms with E-state index in [1.54, 1.807) is 6.20 Å². The van der Waals surface area contributed by atoms with Crippen molar-refractivity contribution in [2.45, 2.75) is 19.6 Å². The van der Waals surface area contributed by atoms with Crippen LogP contribution in [-0.2, 0) is 12.7 Å². The molecular weight excluding hydrogens is 279 g/mol. The van der Waals surface area contributed by atoms with E-state index in [4.69, 9.17) is 11.6 Å². The highest BCUT2D eigenvalue weighted by molar-refractivity contribution is 6.31. The van der Waals surface area contributed by atoms with E-state index in [1.165, 1.54) is 12.1 Å². The summed E-state index contributed by atoms with van der Waals surface area (Å²) >= 11 is 5.54. The summed E-state index contributed by atoms with van der Waals surface area (Å²) in [5, 5.41) is 9.20. The number of halogens is 4. The number of rotatable bonds is 3. The quantitative estimate of drug-likeness (QED) is 0.896. The molecule has 1 aromatic carbocycles. The van der Waals surface area contributed by atoms with Crippen LogP contribution in [0.2, 0.25) is 5.02 Å². The Morgan fingerprint density at radius 3 is 2.68 bits per heavy atom. The molecule has 0 spiro atoms. The normalized spacial score (nSPS) is 11.6. The number of hydrogen-bond acceptors (Lipinski definition) is 2. The average Bonchev–Trinajstić information content (AvgIpc) is 2.72. The third-order valence-electron chi connectivity index (χ3n) is 2.69. The van der Waals surface area contributed by atoms with E-state index in [9.17, 15) is 13.2 Å². The number of aryl methyl sites for hydroxylation is 1. The second-order valence-electron chi connectivity index (χ2n) is 4.07. The minimum atomic E-state index is -4.46. The third kappa shape index (κ3) is 3.20. The fraction of sp³-hybridized carbons (Fsp3) is 0.250. The van der Waals surface area contributed by atoms with Crippen LogP contribution in [0.5, 0.6) is 0 Å². The van der Waals surface area contributed by atoms with Crippen LogP contribution in [0.1, 0.15) is 16.8 Å². The zero-order valence-corrected chi connectivity index (χ0v) is 10.7. The highest BCUT2D eigenvalue weighted by atomic mass is 35.5. The van der Waals surface area contributed by atoms with Crippen molar-refractivity contribution in [3.63, 3.8) is 0 Å². The molecule has 0 aliphatic heterocycles. The highest BCUT2D eigenvalue weighted by Crippen LogP contribution is 2.36. The van der Waals surface area contributed by atoms with Gasteiger partial charge in [0.15, 0.2) is 0 Å². The van der Waals surface area contributed by atoms with Gasteiger partial charge in [-0.2, -0.15) is 18.3 Å². The van der Waals surface area contributed by atoms with Gasteiger partial charge in [-0.1, -0.05) is 11.6 Å². The van der Waals surface area contributed by atoms with Crippen molar-refractivity contribution in [3.05, 3.63) is 46.2 Å². The van der Waals surface area contributed by atoms with E-state index in [0.29, 0.717) is 12.2 Å². The van der Waals surface area contributed by atoms with Crippen molar-refractivity contribution in [2.24, 2.45) is 0 Å². The third-order valence-corrected chi connectivity index (χ3v) is 3.02. The molecule has 0 bridgehead atoms. The van der Waals surface area contributed by atoms with Crippen LogP contribution in [0.4, 0.5) is 18.9 Å². The second kappa shape index (κ2) is 5.13. The van der Waals surface area contributed by atoms with E-state index in [1.807, 2.05) is 6.92 Å². The summed E-state index contributed by atoms with van der Waals surface area (Å²) in [5.41, 5.74) is 1.28. The predicted molar refractivity (Wildman–Crippen MR) is 67.1 cm³/mol. The summed E-state index contributed by atoms with van der Waals surface area (Å²) in [6.45, 7) is 2.23. The lowest BCUT2D eigenvalue weighted by Gasteiger charge is -2.12. The number of alkyl halides is 3. The maximum Gasteiger partial charge on any atom is 0.417 e. The van der Waals surface area contributed by atoms with Crippen LogP contribution < -0.4 is 5.32 Å². The summed E-state index contributed by atoms with van der Waals surface area (Å²) in [6.07, 6.45) is -2.83. The molecule has 0 saturated carbocycles. The smallest absolute Gasteiger partial charge is 0.381 e. The van der Waals surface area contributed by atoms with Gasteiger partial charge in [-0.15, -0.1) is 0 Å². The van der Waals surface area contributed by atoms with Crippen LogP contribution in [0.3, 0.4) is 0 Å². The van der Waals surface area contributed by atoms with Gasteiger partial charge in [0.1, 0.15) is 0 Å². The predicted octanol–water partition coefficient (Wildman–Crippen LogP) is 4.00. The largest absolute Gasteiger partial charge is 0.417 e. The Hall–Kier alpha value is -1.69. The Kier molecular flexibility index (Phi) is 3.71. The van der Waals surface area contributed by atoms with E-state index in [-0.39, 0.29) is 5.02 Å². The molecule has 2 rings (SSSR count). The van der Waals surface area contributed by atoms with Crippen LogP contribution in [0, 0.1) is 6.92 Å². The molecule has 2 aromatic rings. The molecule has 102 valence electrons. The monoisotopic (exact) mass is 289 g/mol. The van der Waals surface area contributed by atoms with E-state index in [0.717, 1.165) is 17.3 Å². The van der Waals surface area contributed by atoms with E-state index >= 15 is 0 Å². The van der Waals surface area contributed by atoms with Gasteiger partial charge < -0.3 is 5.32 Å². The summed E-state index contributed by atoms with van der Waals surface area (Å²) in [4.78, 5) is 0. The fourth-order valence-corrected chi connectivity index (χ4v) is 1.83. The molecule has 0 radical (unpaired) electrons. The first-order valence-electron chi connectivity index (χ1n) is 5.47. The van der Waals surface area contributed by atoms with Crippen molar-refractivity contribution < 1.29 is 13.2 Å². The number of aromatic nitrogens is 2. The average molecular weight is 290 g/mol. The SMILES string of the molecule is Cc1[nH]ncc1CNc1ccc(Cl)c(C(F)(F)F)c1. The minimum absolute atomic E-state index is 0.308. The number of hydrogen-bond donors (Lipinski definition) is 2. The van der Waals surface area contributed by atoms with Gasteiger partial charge in [0.2, 0.25) is 0 Å². The van der Waals surface area contributed by atoms with Gasteiger partial charge >= 0.3 is 6.18 Å². The Morgan fingerprint density at radius 1 is 1.37 bits per heavy atom. The minimum Gasteiger partial charge on any atom is -0.381 e.